The molecular weight excluding hydrogens is 440 g/mol. The summed E-state index contributed by atoms with van der Waals surface area (Å²) < 4.78 is 17.2. The van der Waals surface area contributed by atoms with E-state index >= 15 is 0 Å². The SMILES string of the molecule is COc1ccc([C@@]2(C(=O)OC(c3ccccc3)N3CCN(CCCCl)CC3)C[C@@H]2OC)cc1. The Kier molecular flexibility index (Phi) is 7.91. The van der Waals surface area contributed by atoms with Gasteiger partial charge in [-0.05, 0) is 37.1 Å². The Hall–Kier alpha value is -2.12. The molecule has 1 aliphatic heterocycles. The van der Waals surface area contributed by atoms with E-state index < -0.39 is 11.6 Å². The third-order valence-electron chi connectivity index (χ3n) is 6.80. The first-order valence-corrected chi connectivity index (χ1v) is 12.1. The highest BCUT2D eigenvalue weighted by molar-refractivity contribution is 6.17. The molecule has 6 nitrogen and oxygen atoms in total. The fraction of sp³-hybridized carbons (Fsp3) is 0.500. The number of rotatable bonds is 10. The smallest absolute Gasteiger partial charge is 0.321 e. The quantitative estimate of drug-likeness (QED) is 0.387. The number of carbonyl (C=O) groups excluding carboxylic acids is 1. The number of benzene rings is 2. The normalized spacial score (nSPS) is 24.3. The van der Waals surface area contributed by atoms with E-state index in [1.54, 1.807) is 14.2 Å². The van der Waals surface area contributed by atoms with Gasteiger partial charge >= 0.3 is 5.97 Å². The summed E-state index contributed by atoms with van der Waals surface area (Å²) in [5.41, 5.74) is 1.10. The predicted molar refractivity (Wildman–Crippen MR) is 129 cm³/mol. The number of methoxy groups -OCH3 is 2. The second kappa shape index (κ2) is 10.9. The molecule has 0 N–H and O–H groups in total. The van der Waals surface area contributed by atoms with Crippen LogP contribution in [0.25, 0.3) is 0 Å². The molecule has 7 heteroatoms. The summed E-state index contributed by atoms with van der Waals surface area (Å²) in [5, 5.41) is 0. The fourth-order valence-corrected chi connectivity index (χ4v) is 4.84. The molecule has 0 amide bonds. The van der Waals surface area contributed by atoms with E-state index in [0.717, 1.165) is 56.0 Å². The van der Waals surface area contributed by atoms with Crippen LogP contribution in [0.15, 0.2) is 54.6 Å². The zero-order chi connectivity index (χ0) is 23.3. The average Bonchev–Trinajstić information content (AvgIpc) is 3.63. The zero-order valence-corrected chi connectivity index (χ0v) is 20.2. The van der Waals surface area contributed by atoms with Gasteiger partial charge in [-0.1, -0.05) is 42.5 Å². The van der Waals surface area contributed by atoms with Crippen molar-refractivity contribution in [2.75, 3.05) is 52.8 Å². The molecule has 4 rings (SSSR count). The molecule has 0 aromatic heterocycles. The number of hydrogen-bond donors (Lipinski definition) is 0. The minimum Gasteiger partial charge on any atom is -0.497 e. The minimum atomic E-state index is -0.782. The first kappa shape index (κ1) is 24.0. The Morgan fingerprint density at radius 1 is 1.06 bits per heavy atom. The third-order valence-corrected chi connectivity index (χ3v) is 7.07. The van der Waals surface area contributed by atoms with Gasteiger partial charge in [0, 0.05) is 44.7 Å². The van der Waals surface area contributed by atoms with Crippen LogP contribution in [-0.4, -0.2) is 74.7 Å². The van der Waals surface area contributed by atoms with E-state index in [4.69, 9.17) is 25.8 Å². The number of alkyl halides is 1. The number of halogens is 1. The number of piperazine rings is 1. The fourth-order valence-electron chi connectivity index (χ4n) is 4.73. The maximum absolute atomic E-state index is 13.7. The average molecular weight is 473 g/mol. The summed E-state index contributed by atoms with van der Waals surface area (Å²) >= 11 is 5.87. The van der Waals surface area contributed by atoms with Gasteiger partial charge in [-0.3, -0.25) is 9.69 Å². The molecule has 1 unspecified atom stereocenters. The highest BCUT2D eigenvalue weighted by Crippen LogP contribution is 2.52. The van der Waals surface area contributed by atoms with Crippen LogP contribution in [0.2, 0.25) is 0 Å². The highest BCUT2D eigenvalue weighted by atomic mass is 35.5. The van der Waals surface area contributed by atoms with Crippen LogP contribution in [-0.2, 0) is 19.7 Å². The lowest BCUT2D eigenvalue weighted by atomic mass is 9.95. The van der Waals surface area contributed by atoms with Crippen LogP contribution < -0.4 is 4.74 Å². The van der Waals surface area contributed by atoms with Gasteiger partial charge in [0.2, 0.25) is 0 Å². The summed E-state index contributed by atoms with van der Waals surface area (Å²) in [7, 11) is 3.28. The van der Waals surface area contributed by atoms with Crippen molar-refractivity contribution in [1.82, 2.24) is 9.80 Å². The lowest BCUT2D eigenvalue weighted by molar-refractivity contribution is -0.166. The lowest BCUT2D eigenvalue weighted by Crippen LogP contribution is -2.49. The highest BCUT2D eigenvalue weighted by Gasteiger charge is 2.64. The standard InChI is InChI=1S/C26H33ClN2O4/c1-31-22-11-9-21(10-12-22)26(19-23(26)32-2)25(30)33-24(20-7-4-3-5-8-20)29-17-15-28(16-18-29)14-6-13-27/h3-5,7-12,23-24H,6,13-19H2,1-2H3/t23-,24?,26-/m0/s1. The summed E-state index contributed by atoms with van der Waals surface area (Å²) in [6.07, 6.45) is 0.980. The molecule has 2 fully saturated rings. The van der Waals surface area contributed by atoms with E-state index in [0.29, 0.717) is 12.3 Å². The molecule has 1 heterocycles. The van der Waals surface area contributed by atoms with Gasteiger partial charge in [-0.15, -0.1) is 11.6 Å². The van der Waals surface area contributed by atoms with E-state index in [9.17, 15) is 4.79 Å². The topological polar surface area (TPSA) is 51.2 Å². The van der Waals surface area contributed by atoms with Gasteiger partial charge in [-0.25, -0.2) is 0 Å². The van der Waals surface area contributed by atoms with E-state index in [1.807, 2.05) is 54.6 Å². The molecule has 3 atom stereocenters. The van der Waals surface area contributed by atoms with Gasteiger partial charge in [-0.2, -0.15) is 0 Å². The molecule has 33 heavy (non-hydrogen) atoms. The molecule has 1 aliphatic carbocycles. The monoisotopic (exact) mass is 472 g/mol. The van der Waals surface area contributed by atoms with E-state index in [2.05, 4.69) is 9.80 Å². The number of esters is 1. The van der Waals surface area contributed by atoms with Crippen LogP contribution in [0.3, 0.4) is 0 Å². The molecule has 0 bridgehead atoms. The molecule has 1 saturated carbocycles. The van der Waals surface area contributed by atoms with Crippen molar-refractivity contribution in [2.45, 2.75) is 30.6 Å². The zero-order valence-electron chi connectivity index (χ0n) is 19.4. The lowest BCUT2D eigenvalue weighted by Gasteiger charge is -2.39. The van der Waals surface area contributed by atoms with Crippen LogP contribution in [0.1, 0.15) is 30.2 Å². The van der Waals surface area contributed by atoms with Crippen molar-refractivity contribution in [3.05, 3.63) is 65.7 Å². The molecule has 2 aromatic carbocycles. The molecule has 178 valence electrons. The van der Waals surface area contributed by atoms with E-state index in [1.165, 1.54) is 0 Å². The van der Waals surface area contributed by atoms with Gasteiger partial charge in [0.25, 0.3) is 0 Å². The van der Waals surface area contributed by atoms with Crippen LogP contribution >= 0.6 is 11.6 Å². The van der Waals surface area contributed by atoms with Crippen molar-refractivity contribution in [3.8, 4) is 5.75 Å². The van der Waals surface area contributed by atoms with E-state index in [-0.39, 0.29) is 12.1 Å². The van der Waals surface area contributed by atoms with Crippen molar-refractivity contribution in [3.63, 3.8) is 0 Å². The summed E-state index contributed by atoms with van der Waals surface area (Å²) in [6.45, 7) is 4.53. The third kappa shape index (κ3) is 5.19. The van der Waals surface area contributed by atoms with Gasteiger partial charge in [0.1, 0.15) is 11.2 Å². The van der Waals surface area contributed by atoms with Crippen molar-refractivity contribution >= 4 is 17.6 Å². The van der Waals surface area contributed by atoms with Crippen LogP contribution in [0, 0.1) is 0 Å². The Balaban J connectivity index is 1.53. The Morgan fingerprint density at radius 3 is 2.33 bits per heavy atom. The summed E-state index contributed by atoms with van der Waals surface area (Å²) in [4.78, 5) is 18.4. The Labute approximate surface area is 201 Å². The Bertz CT molecular complexity index is 902. The molecular formula is C26H33ClN2O4. The molecule has 1 saturated heterocycles. The van der Waals surface area contributed by atoms with Gasteiger partial charge in [0.15, 0.2) is 6.23 Å². The van der Waals surface area contributed by atoms with Crippen molar-refractivity contribution in [2.24, 2.45) is 0 Å². The number of nitrogens with zero attached hydrogens (tertiary/aromatic N) is 2. The van der Waals surface area contributed by atoms with Gasteiger partial charge in [0.05, 0.1) is 13.2 Å². The van der Waals surface area contributed by atoms with Crippen molar-refractivity contribution < 1.29 is 19.0 Å². The number of carbonyl (C=O) groups is 1. The minimum absolute atomic E-state index is 0.192. The maximum Gasteiger partial charge on any atom is 0.321 e. The largest absolute Gasteiger partial charge is 0.497 e. The molecule has 0 spiro atoms. The number of ether oxygens (including phenoxy) is 3. The summed E-state index contributed by atoms with van der Waals surface area (Å²) in [5.74, 6) is 1.20. The summed E-state index contributed by atoms with van der Waals surface area (Å²) in [6, 6.07) is 17.6. The second-order valence-electron chi connectivity index (χ2n) is 8.72. The van der Waals surface area contributed by atoms with Crippen LogP contribution in [0.4, 0.5) is 0 Å². The maximum atomic E-state index is 13.7. The first-order chi connectivity index (χ1) is 16.1. The molecule has 0 radical (unpaired) electrons. The Morgan fingerprint density at radius 2 is 1.76 bits per heavy atom. The predicted octanol–water partition coefficient (Wildman–Crippen LogP) is 3.84. The van der Waals surface area contributed by atoms with Gasteiger partial charge < -0.3 is 19.1 Å². The van der Waals surface area contributed by atoms with Crippen LogP contribution in [0.5, 0.6) is 5.75 Å². The number of hydrogen-bond acceptors (Lipinski definition) is 6. The molecule has 2 aromatic rings. The van der Waals surface area contributed by atoms with Crippen molar-refractivity contribution in [1.29, 1.82) is 0 Å². The second-order valence-corrected chi connectivity index (χ2v) is 9.09. The first-order valence-electron chi connectivity index (χ1n) is 11.6. The molecule has 2 aliphatic rings.